The molecule has 1 atom stereocenters. The van der Waals surface area contributed by atoms with Gasteiger partial charge in [0.1, 0.15) is 11.6 Å². The maximum atomic E-state index is 13.2. The second-order valence-electron chi connectivity index (χ2n) is 3.51. The number of ether oxygens (including phenoxy) is 2. The van der Waals surface area contributed by atoms with Crippen LogP contribution in [0.25, 0.3) is 0 Å². The van der Waals surface area contributed by atoms with E-state index in [2.05, 4.69) is 5.32 Å². The summed E-state index contributed by atoms with van der Waals surface area (Å²) in [5.74, 6) is 0.435. The zero-order chi connectivity index (χ0) is 12.0. The first-order valence-corrected chi connectivity index (χ1v) is 5.22. The molecule has 0 amide bonds. The summed E-state index contributed by atoms with van der Waals surface area (Å²) in [6.45, 7) is 0.616. The van der Waals surface area contributed by atoms with E-state index in [-0.39, 0.29) is 11.9 Å². The largest absolute Gasteiger partial charge is 0.496 e. The van der Waals surface area contributed by atoms with E-state index in [1.165, 1.54) is 12.1 Å². The third-order valence-electron chi connectivity index (χ3n) is 2.53. The fourth-order valence-electron chi connectivity index (χ4n) is 1.67. The van der Waals surface area contributed by atoms with Crippen LogP contribution in [-0.2, 0) is 4.74 Å². The van der Waals surface area contributed by atoms with E-state index >= 15 is 0 Å². The van der Waals surface area contributed by atoms with Gasteiger partial charge in [0.2, 0.25) is 0 Å². The van der Waals surface area contributed by atoms with Crippen molar-refractivity contribution in [3.63, 3.8) is 0 Å². The molecule has 0 aliphatic rings. The van der Waals surface area contributed by atoms with Gasteiger partial charge in [-0.15, -0.1) is 0 Å². The molecule has 0 bridgehead atoms. The highest BCUT2D eigenvalue weighted by Gasteiger charge is 2.14. The highest BCUT2D eigenvalue weighted by molar-refractivity contribution is 5.36. The normalized spacial score (nSPS) is 12.5. The molecule has 1 N–H and O–H groups in total. The molecule has 0 aliphatic heterocycles. The summed E-state index contributed by atoms with van der Waals surface area (Å²) in [5.41, 5.74) is 0.821. The average Bonchev–Trinajstić information content (AvgIpc) is 2.30. The third kappa shape index (κ3) is 3.18. The molecule has 1 unspecified atom stereocenters. The molecule has 0 spiro atoms. The Kier molecular flexibility index (Phi) is 5.22. The lowest BCUT2D eigenvalue weighted by atomic mass is 10.0. The van der Waals surface area contributed by atoms with Crippen LogP contribution in [0.15, 0.2) is 18.2 Å². The Bertz CT molecular complexity index is 331. The standard InChI is InChI=1S/C12H18FNO2/c1-14-11(6-7-15-2)10-8-9(13)4-5-12(10)16-3/h4-5,8,11,14H,6-7H2,1-3H3. The highest BCUT2D eigenvalue weighted by Crippen LogP contribution is 2.27. The van der Waals surface area contributed by atoms with E-state index in [0.717, 1.165) is 12.0 Å². The maximum absolute atomic E-state index is 13.2. The topological polar surface area (TPSA) is 30.5 Å². The first kappa shape index (κ1) is 12.9. The molecular weight excluding hydrogens is 209 g/mol. The minimum atomic E-state index is -0.256. The fraction of sp³-hybridized carbons (Fsp3) is 0.500. The van der Waals surface area contributed by atoms with Crippen molar-refractivity contribution in [2.45, 2.75) is 12.5 Å². The maximum Gasteiger partial charge on any atom is 0.123 e. The molecule has 0 radical (unpaired) electrons. The molecule has 1 aromatic carbocycles. The van der Waals surface area contributed by atoms with Gasteiger partial charge in [-0.3, -0.25) is 0 Å². The number of hydrogen-bond donors (Lipinski definition) is 1. The Morgan fingerprint density at radius 1 is 1.38 bits per heavy atom. The number of hydrogen-bond acceptors (Lipinski definition) is 3. The molecule has 1 rings (SSSR count). The van der Waals surface area contributed by atoms with Gasteiger partial charge in [0.05, 0.1) is 7.11 Å². The van der Waals surface area contributed by atoms with Crippen LogP contribution in [0.4, 0.5) is 4.39 Å². The molecule has 0 saturated heterocycles. The van der Waals surface area contributed by atoms with Crippen LogP contribution in [0.3, 0.4) is 0 Å². The van der Waals surface area contributed by atoms with Crippen LogP contribution in [0, 0.1) is 5.82 Å². The van der Waals surface area contributed by atoms with E-state index < -0.39 is 0 Å². The molecule has 4 heteroatoms. The molecule has 3 nitrogen and oxygen atoms in total. The van der Waals surface area contributed by atoms with Gasteiger partial charge in [0.15, 0.2) is 0 Å². The highest BCUT2D eigenvalue weighted by atomic mass is 19.1. The Morgan fingerprint density at radius 2 is 2.12 bits per heavy atom. The number of methoxy groups -OCH3 is 2. The summed E-state index contributed by atoms with van der Waals surface area (Å²) in [4.78, 5) is 0. The van der Waals surface area contributed by atoms with Gasteiger partial charge in [-0.05, 0) is 31.7 Å². The smallest absolute Gasteiger partial charge is 0.123 e. The van der Waals surface area contributed by atoms with Crippen LogP contribution in [0.1, 0.15) is 18.0 Å². The van der Waals surface area contributed by atoms with Crippen LogP contribution in [0.5, 0.6) is 5.75 Å². The second-order valence-corrected chi connectivity index (χ2v) is 3.51. The minimum absolute atomic E-state index is 0.0330. The molecule has 0 aromatic heterocycles. The second kappa shape index (κ2) is 6.45. The average molecular weight is 227 g/mol. The summed E-state index contributed by atoms with van der Waals surface area (Å²) in [6, 6.07) is 4.56. The SMILES string of the molecule is CNC(CCOC)c1cc(F)ccc1OC. The van der Waals surface area contributed by atoms with E-state index in [4.69, 9.17) is 9.47 Å². The Morgan fingerprint density at radius 3 is 2.69 bits per heavy atom. The summed E-state index contributed by atoms with van der Waals surface area (Å²) in [6.07, 6.45) is 0.771. The van der Waals surface area contributed by atoms with Crippen molar-refractivity contribution in [2.24, 2.45) is 0 Å². The quantitative estimate of drug-likeness (QED) is 0.807. The van der Waals surface area contributed by atoms with Gasteiger partial charge in [0.25, 0.3) is 0 Å². The fourth-order valence-corrected chi connectivity index (χ4v) is 1.67. The lowest BCUT2D eigenvalue weighted by Gasteiger charge is -2.19. The minimum Gasteiger partial charge on any atom is -0.496 e. The molecule has 90 valence electrons. The lowest BCUT2D eigenvalue weighted by molar-refractivity contribution is 0.183. The molecule has 0 heterocycles. The summed E-state index contributed by atoms with van der Waals surface area (Å²) >= 11 is 0. The van der Waals surface area contributed by atoms with Crippen LogP contribution in [0.2, 0.25) is 0 Å². The predicted molar refractivity (Wildman–Crippen MR) is 61.2 cm³/mol. The molecular formula is C12H18FNO2. The van der Waals surface area contributed by atoms with Gasteiger partial charge in [-0.1, -0.05) is 0 Å². The van der Waals surface area contributed by atoms with Crippen LogP contribution < -0.4 is 10.1 Å². The molecule has 0 fully saturated rings. The first-order valence-electron chi connectivity index (χ1n) is 5.22. The van der Waals surface area contributed by atoms with Crippen molar-refractivity contribution in [2.75, 3.05) is 27.9 Å². The van der Waals surface area contributed by atoms with E-state index in [9.17, 15) is 4.39 Å². The van der Waals surface area contributed by atoms with Crippen LogP contribution >= 0.6 is 0 Å². The van der Waals surface area contributed by atoms with Gasteiger partial charge >= 0.3 is 0 Å². The molecule has 1 aromatic rings. The van der Waals surface area contributed by atoms with E-state index in [0.29, 0.717) is 12.4 Å². The van der Waals surface area contributed by atoms with Gasteiger partial charge < -0.3 is 14.8 Å². The summed E-state index contributed by atoms with van der Waals surface area (Å²) in [7, 11) is 5.07. The van der Waals surface area contributed by atoms with Gasteiger partial charge in [-0.25, -0.2) is 4.39 Å². The summed E-state index contributed by atoms with van der Waals surface area (Å²) < 4.78 is 23.4. The Labute approximate surface area is 95.6 Å². The van der Waals surface area contributed by atoms with Crippen molar-refractivity contribution >= 4 is 0 Å². The number of nitrogens with one attached hydrogen (secondary N) is 1. The van der Waals surface area contributed by atoms with E-state index in [1.54, 1.807) is 20.3 Å². The van der Waals surface area contributed by atoms with E-state index in [1.807, 2.05) is 7.05 Å². The monoisotopic (exact) mass is 227 g/mol. The van der Waals surface area contributed by atoms with Crippen molar-refractivity contribution < 1.29 is 13.9 Å². The Balaban J connectivity index is 2.92. The summed E-state index contributed by atoms with van der Waals surface area (Å²) in [5, 5.41) is 3.13. The molecule has 0 aliphatic carbocycles. The molecule has 0 saturated carbocycles. The third-order valence-corrected chi connectivity index (χ3v) is 2.53. The van der Waals surface area contributed by atoms with Gasteiger partial charge in [-0.2, -0.15) is 0 Å². The van der Waals surface area contributed by atoms with Crippen molar-refractivity contribution in [3.05, 3.63) is 29.6 Å². The Hall–Kier alpha value is -1.13. The van der Waals surface area contributed by atoms with Crippen LogP contribution in [-0.4, -0.2) is 27.9 Å². The van der Waals surface area contributed by atoms with Crippen molar-refractivity contribution in [3.8, 4) is 5.75 Å². The molecule has 16 heavy (non-hydrogen) atoms. The number of halogens is 1. The van der Waals surface area contributed by atoms with Crippen molar-refractivity contribution in [1.29, 1.82) is 0 Å². The van der Waals surface area contributed by atoms with Crippen molar-refractivity contribution in [1.82, 2.24) is 5.32 Å². The predicted octanol–water partition coefficient (Wildman–Crippen LogP) is 2.13. The number of rotatable bonds is 6. The zero-order valence-electron chi connectivity index (χ0n) is 9.92. The number of benzene rings is 1. The zero-order valence-corrected chi connectivity index (χ0v) is 9.92. The lowest BCUT2D eigenvalue weighted by Crippen LogP contribution is -2.19. The van der Waals surface area contributed by atoms with Gasteiger partial charge in [0, 0.05) is 25.3 Å². The first-order chi connectivity index (χ1) is 7.72.